The normalized spacial score (nSPS) is 14.3. The first-order valence-corrected chi connectivity index (χ1v) is 11.2. The molecule has 2 aromatic rings. The summed E-state index contributed by atoms with van der Waals surface area (Å²) in [4.78, 5) is 24.7. The average molecular weight is 416 g/mol. The second-order valence-corrected chi connectivity index (χ2v) is 9.06. The molecule has 6 nitrogen and oxygen atoms in total. The minimum atomic E-state index is -3.69. The molecular weight excluding hydrogens is 390 g/mol. The Labute approximate surface area is 171 Å². The zero-order valence-electron chi connectivity index (χ0n) is 16.6. The van der Waals surface area contributed by atoms with E-state index in [4.69, 9.17) is 4.74 Å². The van der Waals surface area contributed by atoms with E-state index in [-0.39, 0.29) is 23.6 Å². The lowest BCUT2D eigenvalue weighted by Crippen LogP contribution is -2.29. The van der Waals surface area contributed by atoms with Crippen molar-refractivity contribution in [3.8, 4) is 0 Å². The van der Waals surface area contributed by atoms with E-state index in [2.05, 4.69) is 4.72 Å². The molecule has 0 amide bonds. The lowest BCUT2D eigenvalue weighted by Gasteiger charge is -2.13. The molecule has 154 valence electrons. The van der Waals surface area contributed by atoms with Gasteiger partial charge < -0.3 is 4.74 Å². The van der Waals surface area contributed by atoms with Crippen LogP contribution in [0.5, 0.6) is 0 Å². The zero-order valence-corrected chi connectivity index (χ0v) is 17.4. The number of carbonyl (C=O) groups excluding carboxylic acids is 2. The summed E-state index contributed by atoms with van der Waals surface area (Å²) in [6.45, 7) is 3.30. The van der Waals surface area contributed by atoms with Gasteiger partial charge in [0.2, 0.25) is 15.8 Å². The van der Waals surface area contributed by atoms with Gasteiger partial charge in [0.05, 0.1) is 11.3 Å². The van der Waals surface area contributed by atoms with Crippen LogP contribution in [0.2, 0.25) is 0 Å². The van der Waals surface area contributed by atoms with E-state index in [0.29, 0.717) is 5.56 Å². The molecule has 2 aromatic carbocycles. The Morgan fingerprint density at radius 3 is 2.48 bits per heavy atom. The largest absolute Gasteiger partial charge is 0.454 e. The molecular formula is C22H25NO5S. The molecule has 0 bridgehead atoms. The first-order chi connectivity index (χ1) is 13.8. The number of aryl methyl sites for hydroxylation is 3. The van der Waals surface area contributed by atoms with Gasteiger partial charge in [-0.3, -0.25) is 9.59 Å². The number of rotatable bonds is 8. The number of ketones is 1. The van der Waals surface area contributed by atoms with Crippen LogP contribution in [0.3, 0.4) is 0 Å². The standard InChI is InChI=1S/C22H25NO5S/c1-15-6-10-20(11-7-15)29(26,27)23-13-12-21(24)28-16(2)22(25)19-9-8-17-4-3-5-18(17)14-19/h6-11,14,16,23H,3-5,12-13H2,1-2H3. The third-order valence-electron chi connectivity index (χ3n) is 5.01. The number of sulfonamides is 1. The highest BCUT2D eigenvalue weighted by molar-refractivity contribution is 7.89. The number of benzene rings is 2. The summed E-state index contributed by atoms with van der Waals surface area (Å²) >= 11 is 0. The van der Waals surface area contributed by atoms with E-state index in [1.54, 1.807) is 18.2 Å². The van der Waals surface area contributed by atoms with Crippen LogP contribution in [-0.4, -0.2) is 32.8 Å². The summed E-state index contributed by atoms with van der Waals surface area (Å²) in [5.74, 6) is -0.882. The zero-order chi connectivity index (χ0) is 21.0. The Bertz CT molecular complexity index is 1010. The first-order valence-electron chi connectivity index (χ1n) is 9.68. The third kappa shape index (κ3) is 5.31. The quantitative estimate of drug-likeness (QED) is 0.529. The van der Waals surface area contributed by atoms with Crippen molar-refractivity contribution in [3.05, 3.63) is 64.7 Å². The summed E-state index contributed by atoms with van der Waals surface area (Å²) in [6, 6.07) is 12.0. The predicted octanol–water partition coefficient (Wildman–Crippen LogP) is 2.97. The van der Waals surface area contributed by atoms with Gasteiger partial charge in [-0.05, 0) is 62.4 Å². The third-order valence-corrected chi connectivity index (χ3v) is 6.49. The fraction of sp³-hybridized carbons (Fsp3) is 0.364. The Kier molecular flexibility index (Phi) is 6.49. The van der Waals surface area contributed by atoms with Crippen LogP contribution in [0.15, 0.2) is 47.4 Å². The smallest absolute Gasteiger partial charge is 0.307 e. The molecule has 1 aliphatic rings. The topological polar surface area (TPSA) is 89.5 Å². The second-order valence-electron chi connectivity index (χ2n) is 7.29. The molecule has 0 radical (unpaired) electrons. The Balaban J connectivity index is 1.50. The Hall–Kier alpha value is -2.51. The summed E-state index contributed by atoms with van der Waals surface area (Å²) < 4.78 is 32.0. The van der Waals surface area contributed by atoms with E-state index in [1.807, 2.05) is 19.1 Å². The number of Topliss-reactive ketones (excluding diaryl/α,β-unsaturated/α-hetero) is 1. The monoisotopic (exact) mass is 415 g/mol. The van der Waals surface area contributed by atoms with Crippen molar-refractivity contribution in [2.24, 2.45) is 0 Å². The van der Waals surface area contributed by atoms with Crippen LogP contribution < -0.4 is 4.72 Å². The van der Waals surface area contributed by atoms with Gasteiger partial charge in [-0.25, -0.2) is 13.1 Å². The van der Waals surface area contributed by atoms with Crippen LogP contribution >= 0.6 is 0 Å². The molecule has 0 aromatic heterocycles. The molecule has 0 aliphatic heterocycles. The van der Waals surface area contributed by atoms with Gasteiger partial charge in [0, 0.05) is 12.1 Å². The number of carbonyl (C=O) groups is 2. The van der Waals surface area contributed by atoms with Gasteiger partial charge in [-0.15, -0.1) is 0 Å². The van der Waals surface area contributed by atoms with E-state index in [9.17, 15) is 18.0 Å². The number of esters is 1. The van der Waals surface area contributed by atoms with E-state index in [0.717, 1.165) is 24.8 Å². The maximum absolute atomic E-state index is 12.5. The maximum atomic E-state index is 12.5. The van der Waals surface area contributed by atoms with Crippen LogP contribution in [0.4, 0.5) is 0 Å². The molecule has 29 heavy (non-hydrogen) atoms. The molecule has 3 rings (SSSR count). The summed E-state index contributed by atoms with van der Waals surface area (Å²) in [5.41, 5.74) is 3.94. The Morgan fingerprint density at radius 1 is 1.07 bits per heavy atom. The van der Waals surface area contributed by atoms with Crippen LogP contribution in [0.1, 0.15) is 46.8 Å². The molecule has 1 atom stereocenters. The maximum Gasteiger partial charge on any atom is 0.307 e. The number of ether oxygens (including phenoxy) is 1. The predicted molar refractivity (Wildman–Crippen MR) is 109 cm³/mol. The number of nitrogens with one attached hydrogen (secondary N) is 1. The van der Waals surface area contributed by atoms with Crippen molar-refractivity contribution in [2.45, 2.75) is 50.5 Å². The first kappa shape index (κ1) is 21.2. The molecule has 0 fully saturated rings. The fourth-order valence-corrected chi connectivity index (χ4v) is 4.39. The van der Waals surface area contributed by atoms with E-state index < -0.39 is 22.1 Å². The van der Waals surface area contributed by atoms with Gasteiger partial charge in [0.25, 0.3) is 0 Å². The SMILES string of the molecule is Cc1ccc(S(=O)(=O)NCCC(=O)OC(C)C(=O)c2ccc3c(c2)CCC3)cc1. The van der Waals surface area contributed by atoms with Crippen LogP contribution in [0, 0.1) is 6.92 Å². The number of fused-ring (bicyclic) bond motifs is 1. The molecule has 1 unspecified atom stereocenters. The van der Waals surface area contributed by atoms with E-state index >= 15 is 0 Å². The van der Waals surface area contributed by atoms with Crippen LogP contribution in [0.25, 0.3) is 0 Å². The van der Waals surface area contributed by atoms with E-state index in [1.165, 1.54) is 30.2 Å². The lowest BCUT2D eigenvalue weighted by atomic mass is 10.0. The average Bonchev–Trinajstić information content (AvgIpc) is 3.15. The van der Waals surface area contributed by atoms with Crippen molar-refractivity contribution in [2.75, 3.05) is 6.54 Å². The molecule has 7 heteroatoms. The molecule has 0 saturated carbocycles. The summed E-state index contributed by atoms with van der Waals surface area (Å²) in [6.07, 6.45) is 2.01. The van der Waals surface area contributed by atoms with Crippen molar-refractivity contribution < 1.29 is 22.7 Å². The van der Waals surface area contributed by atoms with Gasteiger partial charge in [0.1, 0.15) is 0 Å². The van der Waals surface area contributed by atoms with Crippen molar-refractivity contribution in [1.82, 2.24) is 4.72 Å². The second kappa shape index (κ2) is 8.88. The molecule has 0 heterocycles. The number of hydrogen-bond donors (Lipinski definition) is 1. The van der Waals surface area contributed by atoms with Gasteiger partial charge in [-0.1, -0.05) is 29.8 Å². The van der Waals surface area contributed by atoms with Gasteiger partial charge in [-0.2, -0.15) is 0 Å². The molecule has 1 N–H and O–H groups in total. The minimum absolute atomic E-state index is 0.102. The Morgan fingerprint density at radius 2 is 1.76 bits per heavy atom. The van der Waals surface area contributed by atoms with Crippen molar-refractivity contribution >= 4 is 21.8 Å². The lowest BCUT2D eigenvalue weighted by molar-refractivity contribution is -0.146. The summed E-state index contributed by atoms with van der Waals surface area (Å²) in [7, 11) is -3.69. The van der Waals surface area contributed by atoms with Crippen LogP contribution in [-0.2, 0) is 32.4 Å². The molecule has 0 saturated heterocycles. The van der Waals surface area contributed by atoms with Crippen molar-refractivity contribution in [1.29, 1.82) is 0 Å². The highest BCUT2D eigenvalue weighted by atomic mass is 32.2. The van der Waals surface area contributed by atoms with Crippen molar-refractivity contribution in [3.63, 3.8) is 0 Å². The molecule has 0 spiro atoms. The van der Waals surface area contributed by atoms with Gasteiger partial charge >= 0.3 is 5.97 Å². The fourth-order valence-electron chi connectivity index (χ4n) is 3.36. The molecule has 1 aliphatic carbocycles. The minimum Gasteiger partial charge on any atom is -0.454 e. The highest BCUT2D eigenvalue weighted by Gasteiger charge is 2.22. The number of hydrogen-bond acceptors (Lipinski definition) is 5. The summed E-state index contributed by atoms with van der Waals surface area (Å²) in [5, 5.41) is 0. The van der Waals surface area contributed by atoms with Gasteiger partial charge in [0.15, 0.2) is 6.10 Å². The highest BCUT2D eigenvalue weighted by Crippen LogP contribution is 2.23.